The first-order chi connectivity index (χ1) is 10.0. The molecule has 6 heteroatoms. The Bertz CT molecular complexity index is 737. The van der Waals surface area contributed by atoms with Gasteiger partial charge in [0.25, 0.3) is 0 Å². The van der Waals surface area contributed by atoms with Gasteiger partial charge in [0.2, 0.25) is 0 Å². The maximum absolute atomic E-state index is 10.9. The van der Waals surface area contributed by atoms with Gasteiger partial charge in [-0.25, -0.2) is 4.79 Å². The van der Waals surface area contributed by atoms with Crippen molar-refractivity contribution < 1.29 is 19.4 Å². The fourth-order valence-corrected chi connectivity index (χ4v) is 2.12. The van der Waals surface area contributed by atoms with E-state index in [0.29, 0.717) is 27.3 Å². The molecule has 0 aliphatic carbocycles. The van der Waals surface area contributed by atoms with Gasteiger partial charge in [0.15, 0.2) is 0 Å². The van der Waals surface area contributed by atoms with E-state index in [2.05, 4.69) is 15.9 Å². The molecular weight excluding hydrogens is 338 g/mol. The van der Waals surface area contributed by atoms with Crippen LogP contribution in [0.5, 0.6) is 17.2 Å². The molecule has 2 aromatic carbocycles. The van der Waals surface area contributed by atoms with Crippen LogP contribution in [0.3, 0.4) is 0 Å². The molecule has 0 saturated carbocycles. The lowest BCUT2D eigenvalue weighted by Crippen LogP contribution is -1.96. The summed E-state index contributed by atoms with van der Waals surface area (Å²) in [4.78, 5) is 10.9. The van der Waals surface area contributed by atoms with Gasteiger partial charge in [-0.15, -0.1) is 0 Å². The summed E-state index contributed by atoms with van der Waals surface area (Å²) in [5, 5.41) is 17.9. The number of methoxy groups -OCH3 is 1. The first-order valence-electron chi connectivity index (χ1n) is 5.83. The Morgan fingerprint density at radius 3 is 2.52 bits per heavy atom. The molecule has 0 aliphatic rings. The highest BCUT2D eigenvalue weighted by molar-refractivity contribution is 9.10. The van der Waals surface area contributed by atoms with Crippen molar-refractivity contribution in [2.75, 3.05) is 7.11 Å². The molecule has 0 atom stereocenters. The summed E-state index contributed by atoms with van der Waals surface area (Å²) in [5.41, 5.74) is 0.556. The molecule has 0 bridgehead atoms. The Kier molecular flexibility index (Phi) is 4.45. The summed E-state index contributed by atoms with van der Waals surface area (Å²) in [7, 11) is 1.50. The number of aromatic carboxylic acids is 1. The zero-order chi connectivity index (χ0) is 15.4. The Balaban J connectivity index is 2.34. The van der Waals surface area contributed by atoms with Crippen LogP contribution in [0, 0.1) is 11.3 Å². The van der Waals surface area contributed by atoms with Gasteiger partial charge >= 0.3 is 5.97 Å². The number of halogens is 1. The molecule has 0 fully saturated rings. The summed E-state index contributed by atoms with van der Waals surface area (Å²) in [6.45, 7) is 0. The number of hydrogen-bond acceptors (Lipinski definition) is 4. The summed E-state index contributed by atoms with van der Waals surface area (Å²) in [6, 6.07) is 11.2. The van der Waals surface area contributed by atoms with Gasteiger partial charge in [-0.3, -0.25) is 0 Å². The van der Waals surface area contributed by atoms with E-state index in [1.807, 2.05) is 6.07 Å². The van der Waals surface area contributed by atoms with Gasteiger partial charge in [0, 0.05) is 6.07 Å². The van der Waals surface area contributed by atoms with Gasteiger partial charge in [-0.05, 0) is 46.3 Å². The molecule has 0 radical (unpaired) electrons. The molecule has 0 aliphatic heterocycles. The van der Waals surface area contributed by atoms with Crippen LogP contribution in [0.4, 0.5) is 0 Å². The second-order valence-corrected chi connectivity index (χ2v) is 4.92. The Morgan fingerprint density at radius 1 is 1.24 bits per heavy atom. The second kappa shape index (κ2) is 6.29. The number of ether oxygens (including phenoxy) is 2. The molecule has 0 amide bonds. The third-order valence-corrected chi connectivity index (χ3v) is 3.27. The van der Waals surface area contributed by atoms with Crippen molar-refractivity contribution in [1.29, 1.82) is 5.26 Å². The Labute approximate surface area is 129 Å². The zero-order valence-corrected chi connectivity index (χ0v) is 12.5. The lowest BCUT2D eigenvalue weighted by Gasteiger charge is -2.10. The van der Waals surface area contributed by atoms with Crippen LogP contribution in [0.2, 0.25) is 0 Å². The van der Waals surface area contributed by atoms with Crippen molar-refractivity contribution >= 4 is 21.9 Å². The van der Waals surface area contributed by atoms with Crippen LogP contribution < -0.4 is 9.47 Å². The number of carboxylic acids is 1. The van der Waals surface area contributed by atoms with Crippen molar-refractivity contribution in [1.82, 2.24) is 0 Å². The molecule has 2 rings (SSSR count). The van der Waals surface area contributed by atoms with Gasteiger partial charge < -0.3 is 14.6 Å². The minimum atomic E-state index is -1.02. The monoisotopic (exact) mass is 347 g/mol. The van der Waals surface area contributed by atoms with E-state index < -0.39 is 5.97 Å². The van der Waals surface area contributed by atoms with E-state index in [1.165, 1.54) is 19.2 Å². The topological polar surface area (TPSA) is 79.5 Å². The van der Waals surface area contributed by atoms with Crippen LogP contribution in [-0.2, 0) is 0 Å². The molecule has 0 aromatic heterocycles. The van der Waals surface area contributed by atoms with E-state index in [1.54, 1.807) is 24.3 Å². The SMILES string of the molecule is COc1cc(C#N)cc(Oc2ccc(C(=O)O)cc2Br)c1. The number of nitriles is 1. The highest BCUT2D eigenvalue weighted by atomic mass is 79.9. The van der Waals surface area contributed by atoms with Crippen molar-refractivity contribution in [2.45, 2.75) is 0 Å². The average molecular weight is 348 g/mol. The minimum absolute atomic E-state index is 0.151. The van der Waals surface area contributed by atoms with Crippen molar-refractivity contribution in [3.05, 3.63) is 52.0 Å². The molecule has 5 nitrogen and oxygen atoms in total. The number of rotatable bonds is 4. The molecule has 0 heterocycles. The second-order valence-electron chi connectivity index (χ2n) is 4.06. The zero-order valence-electron chi connectivity index (χ0n) is 11.0. The van der Waals surface area contributed by atoms with Gasteiger partial charge in [0.05, 0.1) is 28.8 Å². The third-order valence-electron chi connectivity index (χ3n) is 2.65. The summed E-state index contributed by atoms with van der Waals surface area (Å²) in [6.07, 6.45) is 0. The van der Waals surface area contributed by atoms with E-state index in [0.717, 1.165) is 0 Å². The van der Waals surface area contributed by atoms with E-state index in [4.69, 9.17) is 19.8 Å². The smallest absolute Gasteiger partial charge is 0.335 e. The highest BCUT2D eigenvalue weighted by Crippen LogP contribution is 2.32. The first kappa shape index (κ1) is 14.9. The third kappa shape index (κ3) is 3.52. The molecule has 0 spiro atoms. The van der Waals surface area contributed by atoms with E-state index in [9.17, 15) is 4.79 Å². The lowest BCUT2D eigenvalue weighted by atomic mass is 10.2. The number of carbonyl (C=O) groups is 1. The fraction of sp³-hybridized carbons (Fsp3) is 0.0667. The van der Waals surface area contributed by atoms with Crippen LogP contribution in [-0.4, -0.2) is 18.2 Å². The van der Waals surface area contributed by atoms with Gasteiger partial charge in [0.1, 0.15) is 17.2 Å². The molecule has 21 heavy (non-hydrogen) atoms. The van der Waals surface area contributed by atoms with Crippen LogP contribution >= 0.6 is 15.9 Å². The molecule has 2 aromatic rings. The first-order valence-corrected chi connectivity index (χ1v) is 6.62. The molecular formula is C15H10BrNO4. The van der Waals surface area contributed by atoms with Crippen molar-refractivity contribution in [3.8, 4) is 23.3 Å². The highest BCUT2D eigenvalue weighted by Gasteiger charge is 2.10. The predicted octanol–water partition coefficient (Wildman–Crippen LogP) is 3.82. The molecule has 0 saturated heterocycles. The predicted molar refractivity (Wildman–Crippen MR) is 78.9 cm³/mol. The van der Waals surface area contributed by atoms with Crippen LogP contribution in [0.25, 0.3) is 0 Å². The largest absolute Gasteiger partial charge is 0.497 e. The quantitative estimate of drug-likeness (QED) is 0.909. The van der Waals surface area contributed by atoms with Gasteiger partial charge in [-0.2, -0.15) is 5.26 Å². The maximum Gasteiger partial charge on any atom is 0.335 e. The lowest BCUT2D eigenvalue weighted by molar-refractivity contribution is 0.0697. The van der Waals surface area contributed by atoms with Gasteiger partial charge in [-0.1, -0.05) is 0 Å². The molecule has 0 unspecified atom stereocenters. The maximum atomic E-state index is 10.9. The minimum Gasteiger partial charge on any atom is -0.497 e. The van der Waals surface area contributed by atoms with E-state index in [-0.39, 0.29) is 5.56 Å². The van der Waals surface area contributed by atoms with Crippen LogP contribution in [0.1, 0.15) is 15.9 Å². The van der Waals surface area contributed by atoms with Crippen molar-refractivity contribution in [3.63, 3.8) is 0 Å². The molecule has 1 N–H and O–H groups in total. The fourth-order valence-electron chi connectivity index (χ4n) is 1.66. The Hall–Kier alpha value is -2.52. The standard InChI is InChI=1S/C15H10BrNO4/c1-20-11-4-9(8-17)5-12(7-11)21-14-3-2-10(15(18)19)6-13(14)16/h2-7H,1H3,(H,18,19). The summed E-state index contributed by atoms with van der Waals surface area (Å²) < 4.78 is 11.3. The van der Waals surface area contributed by atoms with Crippen molar-refractivity contribution in [2.24, 2.45) is 0 Å². The average Bonchev–Trinajstić information content (AvgIpc) is 2.48. The number of hydrogen-bond donors (Lipinski definition) is 1. The number of nitrogens with zero attached hydrogens (tertiary/aromatic N) is 1. The normalized spacial score (nSPS) is 9.76. The Morgan fingerprint density at radius 2 is 1.95 bits per heavy atom. The number of carboxylic acid groups (broad SMARTS) is 1. The van der Waals surface area contributed by atoms with E-state index >= 15 is 0 Å². The summed E-state index contributed by atoms with van der Waals surface area (Å²) >= 11 is 3.26. The molecule has 106 valence electrons. The van der Waals surface area contributed by atoms with Crippen LogP contribution in [0.15, 0.2) is 40.9 Å². The number of benzene rings is 2. The summed E-state index contributed by atoms with van der Waals surface area (Å²) in [5.74, 6) is 0.351.